The number of amides is 1. The first-order valence-electron chi connectivity index (χ1n) is 7.95. The van der Waals surface area contributed by atoms with Crippen LogP contribution in [0.4, 0.5) is 5.69 Å². The second-order valence-corrected chi connectivity index (χ2v) is 6.51. The van der Waals surface area contributed by atoms with E-state index in [1.807, 2.05) is 47.8 Å². The van der Waals surface area contributed by atoms with Gasteiger partial charge in [-0.1, -0.05) is 55.8 Å². The molecular formula is C19H24ClN2O+. The number of para-hydroxylation sites is 1. The SMILES string of the molecule is CC(C)c1ccccc1NC(=O)C[NH2+][C@@H](C)c1cccc(Cl)c1. The number of halogens is 1. The van der Waals surface area contributed by atoms with Crippen LogP contribution >= 0.6 is 11.6 Å². The molecule has 0 unspecified atom stereocenters. The van der Waals surface area contributed by atoms with Crippen molar-refractivity contribution in [2.75, 3.05) is 11.9 Å². The van der Waals surface area contributed by atoms with Gasteiger partial charge in [-0.05, 0) is 36.6 Å². The van der Waals surface area contributed by atoms with Gasteiger partial charge in [-0.3, -0.25) is 4.79 Å². The van der Waals surface area contributed by atoms with Crippen LogP contribution in [-0.4, -0.2) is 12.5 Å². The third-order valence-electron chi connectivity index (χ3n) is 3.89. The Kier molecular flexibility index (Phi) is 6.20. The Hall–Kier alpha value is -1.84. The van der Waals surface area contributed by atoms with E-state index >= 15 is 0 Å². The molecule has 0 fully saturated rings. The molecular weight excluding hydrogens is 308 g/mol. The molecule has 0 radical (unpaired) electrons. The Balaban J connectivity index is 1.93. The molecule has 1 amide bonds. The molecule has 3 N–H and O–H groups in total. The maximum atomic E-state index is 12.2. The van der Waals surface area contributed by atoms with Gasteiger partial charge in [0.2, 0.25) is 0 Å². The van der Waals surface area contributed by atoms with Gasteiger partial charge in [0.1, 0.15) is 6.04 Å². The zero-order valence-corrected chi connectivity index (χ0v) is 14.6. The van der Waals surface area contributed by atoms with Gasteiger partial charge in [-0.2, -0.15) is 0 Å². The van der Waals surface area contributed by atoms with E-state index in [-0.39, 0.29) is 11.9 Å². The van der Waals surface area contributed by atoms with Gasteiger partial charge in [0.25, 0.3) is 5.91 Å². The van der Waals surface area contributed by atoms with Crippen LogP contribution in [0.3, 0.4) is 0 Å². The molecule has 0 aromatic heterocycles. The van der Waals surface area contributed by atoms with Crippen molar-refractivity contribution >= 4 is 23.2 Å². The predicted molar refractivity (Wildman–Crippen MR) is 95.8 cm³/mol. The lowest BCUT2D eigenvalue weighted by molar-refractivity contribution is -0.682. The third-order valence-corrected chi connectivity index (χ3v) is 4.12. The van der Waals surface area contributed by atoms with Crippen molar-refractivity contribution in [1.29, 1.82) is 0 Å². The molecule has 0 heterocycles. The Morgan fingerprint density at radius 3 is 2.57 bits per heavy atom. The summed E-state index contributed by atoms with van der Waals surface area (Å²) in [5, 5.41) is 5.75. The number of quaternary nitrogens is 1. The average Bonchev–Trinajstić information content (AvgIpc) is 2.53. The van der Waals surface area contributed by atoms with Gasteiger partial charge in [-0.15, -0.1) is 0 Å². The van der Waals surface area contributed by atoms with Crippen LogP contribution in [0, 0.1) is 0 Å². The maximum Gasteiger partial charge on any atom is 0.279 e. The van der Waals surface area contributed by atoms with Gasteiger partial charge in [0.05, 0.1) is 0 Å². The van der Waals surface area contributed by atoms with E-state index in [2.05, 4.69) is 32.2 Å². The highest BCUT2D eigenvalue weighted by molar-refractivity contribution is 6.30. The van der Waals surface area contributed by atoms with E-state index in [0.29, 0.717) is 12.5 Å². The quantitative estimate of drug-likeness (QED) is 0.832. The summed E-state index contributed by atoms with van der Waals surface area (Å²) >= 11 is 6.01. The van der Waals surface area contributed by atoms with Crippen LogP contribution in [0.2, 0.25) is 5.02 Å². The summed E-state index contributed by atoms with van der Waals surface area (Å²) < 4.78 is 0. The molecule has 122 valence electrons. The zero-order valence-electron chi connectivity index (χ0n) is 13.8. The molecule has 1 atom stereocenters. The lowest BCUT2D eigenvalue weighted by atomic mass is 10.0. The normalized spacial score (nSPS) is 12.2. The molecule has 4 heteroatoms. The second kappa shape index (κ2) is 8.14. The lowest BCUT2D eigenvalue weighted by Crippen LogP contribution is -2.86. The number of carbonyl (C=O) groups excluding carboxylic acids is 1. The number of rotatable bonds is 6. The minimum atomic E-state index is 0.00646. The number of nitrogens with one attached hydrogen (secondary N) is 1. The Morgan fingerprint density at radius 1 is 1.13 bits per heavy atom. The first kappa shape index (κ1) is 17.5. The van der Waals surface area contributed by atoms with E-state index in [0.717, 1.165) is 21.8 Å². The number of benzene rings is 2. The number of hydrogen-bond donors (Lipinski definition) is 2. The van der Waals surface area contributed by atoms with Crippen LogP contribution in [0.1, 0.15) is 43.9 Å². The van der Waals surface area contributed by atoms with Crippen molar-refractivity contribution in [3.05, 3.63) is 64.7 Å². The first-order valence-corrected chi connectivity index (χ1v) is 8.32. The number of anilines is 1. The summed E-state index contributed by atoms with van der Waals surface area (Å²) in [6, 6.07) is 15.9. The van der Waals surface area contributed by atoms with Gasteiger partial charge in [0.15, 0.2) is 6.54 Å². The molecule has 0 bridgehead atoms. The van der Waals surface area contributed by atoms with E-state index in [4.69, 9.17) is 11.6 Å². The second-order valence-electron chi connectivity index (χ2n) is 6.07. The van der Waals surface area contributed by atoms with Crippen LogP contribution in [0.5, 0.6) is 0 Å². The number of hydrogen-bond acceptors (Lipinski definition) is 1. The Bertz CT molecular complexity index is 670. The van der Waals surface area contributed by atoms with Crippen molar-refractivity contribution < 1.29 is 10.1 Å². The van der Waals surface area contributed by atoms with Gasteiger partial charge in [0, 0.05) is 16.3 Å². The summed E-state index contributed by atoms with van der Waals surface area (Å²) in [6.07, 6.45) is 0. The highest BCUT2D eigenvalue weighted by Gasteiger charge is 2.13. The van der Waals surface area contributed by atoms with Crippen LogP contribution in [0.15, 0.2) is 48.5 Å². The first-order chi connectivity index (χ1) is 11.0. The molecule has 2 aromatic carbocycles. The predicted octanol–water partition coefficient (Wildman–Crippen LogP) is 3.73. The fourth-order valence-electron chi connectivity index (χ4n) is 2.53. The maximum absolute atomic E-state index is 12.2. The van der Waals surface area contributed by atoms with Crippen molar-refractivity contribution in [2.45, 2.75) is 32.7 Å². The summed E-state index contributed by atoms with van der Waals surface area (Å²) in [6.45, 7) is 6.69. The topological polar surface area (TPSA) is 45.7 Å². The molecule has 0 spiro atoms. The molecule has 23 heavy (non-hydrogen) atoms. The zero-order chi connectivity index (χ0) is 16.8. The standard InChI is InChI=1S/C19H23ClN2O/c1-13(2)17-9-4-5-10-18(17)22-19(23)12-21-14(3)15-7-6-8-16(20)11-15/h4-11,13-14,21H,12H2,1-3H3,(H,22,23)/p+1/t14-/m0/s1. The van der Waals surface area contributed by atoms with Gasteiger partial charge >= 0.3 is 0 Å². The van der Waals surface area contributed by atoms with Crippen LogP contribution in [-0.2, 0) is 4.79 Å². The van der Waals surface area contributed by atoms with Crippen LogP contribution in [0.25, 0.3) is 0 Å². The molecule has 0 aliphatic heterocycles. The molecule has 0 saturated carbocycles. The molecule has 2 rings (SSSR count). The minimum Gasteiger partial charge on any atom is -0.333 e. The van der Waals surface area contributed by atoms with Crippen molar-refractivity contribution in [1.82, 2.24) is 0 Å². The van der Waals surface area contributed by atoms with Crippen molar-refractivity contribution in [3.63, 3.8) is 0 Å². The smallest absolute Gasteiger partial charge is 0.279 e. The monoisotopic (exact) mass is 331 g/mol. The van der Waals surface area contributed by atoms with Gasteiger partial charge < -0.3 is 10.6 Å². The number of nitrogens with two attached hydrogens (primary N) is 1. The Labute approximate surface area is 143 Å². The lowest BCUT2D eigenvalue weighted by Gasteiger charge is -2.14. The molecule has 2 aromatic rings. The molecule has 0 saturated heterocycles. The average molecular weight is 332 g/mol. The Morgan fingerprint density at radius 2 is 1.87 bits per heavy atom. The molecule has 0 aliphatic carbocycles. The molecule has 3 nitrogen and oxygen atoms in total. The van der Waals surface area contributed by atoms with E-state index in [9.17, 15) is 4.79 Å². The van der Waals surface area contributed by atoms with Gasteiger partial charge in [-0.25, -0.2) is 0 Å². The minimum absolute atomic E-state index is 0.00646. The summed E-state index contributed by atoms with van der Waals surface area (Å²) in [5.74, 6) is 0.382. The van der Waals surface area contributed by atoms with Crippen molar-refractivity contribution in [3.8, 4) is 0 Å². The van der Waals surface area contributed by atoms with E-state index in [1.54, 1.807) is 0 Å². The van der Waals surface area contributed by atoms with Crippen molar-refractivity contribution in [2.24, 2.45) is 0 Å². The fourth-order valence-corrected chi connectivity index (χ4v) is 2.72. The fraction of sp³-hybridized carbons (Fsp3) is 0.316. The summed E-state index contributed by atoms with van der Waals surface area (Å²) in [7, 11) is 0. The van der Waals surface area contributed by atoms with Crippen LogP contribution < -0.4 is 10.6 Å². The third kappa shape index (κ3) is 5.08. The molecule has 0 aliphatic rings. The summed E-state index contributed by atoms with van der Waals surface area (Å²) in [5.41, 5.74) is 3.17. The largest absolute Gasteiger partial charge is 0.333 e. The highest BCUT2D eigenvalue weighted by Crippen LogP contribution is 2.23. The summed E-state index contributed by atoms with van der Waals surface area (Å²) in [4.78, 5) is 12.2. The van der Waals surface area contributed by atoms with E-state index < -0.39 is 0 Å². The number of carbonyl (C=O) groups is 1. The van der Waals surface area contributed by atoms with E-state index in [1.165, 1.54) is 0 Å². The highest BCUT2D eigenvalue weighted by atomic mass is 35.5.